The highest BCUT2D eigenvalue weighted by Gasteiger charge is 2.54. The third kappa shape index (κ3) is 4.73. The van der Waals surface area contributed by atoms with Gasteiger partial charge in [-0.1, -0.05) is 0 Å². The van der Waals surface area contributed by atoms with E-state index in [-0.39, 0.29) is 48.2 Å². The molecule has 4 rings (SSSR count). The first kappa shape index (κ1) is 22.2. The average Bonchev–Trinajstić information content (AvgIpc) is 3.36. The van der Waals surface area contributed by atoms with Gasteiger partial charge < -0.3 is 20.7 Å². The molecule has 1 saturated heterocycles. The van der Waals surface area contributed by atoms with Crippen molar-refractivity contribution in [1.29, 1.82) is 0 Å². The zero-order valence-electron chi connectivity index (χ0n) is 17.1. The second-order valence-corrected chi connectivity index (χ2v) is 8.41. The van der Waals surface area contributed by atoms with Crippen LogP contribution in [0.3, 0.4) is 0 Å². The van der Waals surface area contributed by atoms with Crippen LogP contribution in [-0.4, -0.2) is 52.6 Å². The molecular formula is C20H23F4N5O3. The predicted molar refractivity (Wildman–Crippen MR) is 105 cm³/mol. The lowest BCUT2D eigenvalue weighted by Crippen LogP contribution is -2.46. The number of primary amides is 1. The highest BCUT2D eigenvalue weighted by Crippen LogP contribution is 2.59. The van der Waals surface area contributed by atoms with Crippen molar-refractivity contribution < 1.29 is 31.9 Å². The standard InChI is InChI=1S/C20H23F4N5O3/c21-12-1-3-13(4-2-12)26-17-14(16(25)30)9-29(27-17)15-10-28(8-7-19(15)5-6-19)18(31)32-11-20(22,23)24/h1,3,9,15H,2,4-8,10-11H2,(H2,25,30)(H,26,27). The number of likely N-dealkylation sites (tertiary alicyclic amines) is 1. The Morgan fingerprint density at radius 1 is 1.25 bits per heavy atom. The van der Waals surface area contributed by atoms with Crippen LogP contribution in [0.1, 0.15) is 48.5 Å². The van der Waals surface area contributed by atoms with Crippen molar-refractivity contribution in [2.24, 2.45) is 11.1 Å². The van der Waals surface area contributed by atoms with Crippen LogP contribution in [0.4, 0.5) is 28.2 Å². The van der Waals surface area contributed by atoms with E-state index in [1.165, 1.54) is 17.2 Å². The fourth-order valence-electron chi connectivity index (χ4n) is 4.22. The summed E-state index contributed by atoms with van der Waals surface area (Å²) in [6.07, 6.45) is 1.72. The van der Waals surface area contributed by atoms with Crippen molar-refractivity contribution in [3.05, 3.63) is 35.4 Å². The van der Waals surface area contributed by atoms with E-state index in [4.69, 9.17) is 5.73 Å². The summed E-state index contributed by atoms with van der Waals surface area (Å²) in [4.78, 5) is 25.4. The summed E-state index contributed by atoms with van der Waals surface area (Å²) in [6.45, 7) is -1.26. The first-order valence-electron chi connectivity index (χ1n) is 10.3. The van der Waals surface area contributed by atoms with Gasteiger partial charge in [-0.3, -0.25) is 9.48 Å². The second-order valence-electron chi connectivity index (χ2n) is 8.41. The van der Waals surface area contributed by atoms with E-state index < -0.39 is 24.8 Å². The maximum atomic E-state index is 13.3. The van der Waals surface area contributed by atoms with Crippen molar-refractivity contribution in [3.8, 4) is 0 Å². The molecule has 3 aliphatic rings. The smallest absolute Gasteiger partial charge is 0.422 e. The van der Waals surface area contributed by atoms with E-state index in [0.717, 1.165) is 12.8 Å². The molecule has 12 heteroatoms. The fraction of sp³-hybridized carbons (Fsp3) is 0.550. The molecule has 2 aliphatic carbocycles. The van der Waals surface area contributed by atoms with Gasteiger partial charge in [0.2, 0.25) is 0 Å². The molecule has 2 amide bonds. The van der Waals surface area contributed by atoms with Crippen LogP contribution < -0.4 is 11.1 Å². The maximum absolute atomic E-state index is 13.3. The number of piperidine rings is 1. The molecule has 1 atom stereocenters. The number of carbonyl (C=O) groups is 2. The molecule has 0 aromatic carbocycles. The number of anilines is 1. The summed E-state index contributed by atoms with van der Waals surface area (Å²) in [7, 11) is 0. The number of nitrogens with one attached hydrogen (secondary N) is 1. The minimum Gasteiger partial charge on any atom is -0.440 e. The molecule has 0 radical (unpaired) electrons. The summed E-state index contributed by atoms with van der Waals surface area (Å²) >= 11 is 0. The number of aromatic nitrogens is 2. The van der Waals surface area contributed by atoms with Crippen molar-refractivity contribution in [2.45, 2.75) is 44.3 Å². The summed E-state index contributed by atoms with van der Waals surface area (Å²) in [5.74, 6) is -0.738. The minimum atomic E-state index is -4.60. The van der Waals surface area contributed by atoms with E-state index in [1.54, 1.807) is 10.8 Å². The van der Waals surface area contributed by atoms with Gasteiger partial charge in [0, 0.05) is 31.4 Å². The minimum absolute atomic E-state index is 0.104. The van der Waals surface area contributed by atoms with Gasteiger partial charge in [0.15, 0.2) is 12.4 Å². The van der Waals surface area contributed by atoms with Crippen molar-refractivity contribution >= 4 is 17.8 Å². The molecule has 174 valence electrons. The van der Waals surface area contributed by atoms with Gasteiger partial charge in [0.05, 0.1) is 6.04 Å². The monoisotopic (exact) mass is 457 g/mol. The van der Waals surface area contributed by atoms with E-state index in [0.29, 0.717) is 18.5 Å². The average molecular weight is 457 g/mol. The Morgan fingerprint density at radius 2 is 2.00 bits per heavy atom. The number of alkyl halides is 3. The molecule has 32 heavy (non-hydrogen) atoms. The first-order chi connectivity index (χ1) is 15.1. The van der Waals surface area contributed by atoms with E-state index >= 15 is 0 Å². The lowest BCUT2D eigenvalue weighted by Gasteiger charge is -2.38. The molecule has 2 heterocycles. The van der Waals surface area contributed by atoms with Crippen LogP contribution in [-0.2, 0) is 4.74 Å². The number of hydrogen-bond donors (Lipinski definition) is 2. The van der Waals surface area contributed by atoms with E-state index in [1.807, 2.05) is 0 Å². The molecular weight excluding hydrogens is 434 g/mol. The van der Waals surface area contributed by atoms with Crippen LogP contribution in [0, 0.1) is 5.41 Å². The van der Waals surface area contributed by atoms with Gasteiger partial charge in [-0.25, -0.2) is 9.18 Å². The molecule has 1 spiro atoms. The number of nitrogens with zero attached hydrogens (tertiary/aromatic N) is 3. The van der Waals surface area contributed by atoms with Crippen LogP contribution in [0.5, 0.6) is 0 Å². The predicted octanol–water partition coefficient (Wildman–Crippen LogP) is 3.65. The lowest BCUT2D eigenvalue weighted by molar-refractivity contribution is -0.163. The van der Waals surface area contributed by atoms with Crippen LogP contribution in [0.2, 0.25) is 0 Å². The van der Waals surface area contributed by atoms with Crippen LogP contribution >= 0.6 is 0 Å². The zero-order chi connectivity index (χ0) is 23.1. The lowest BCUT2D eigenvalue weighted by atomic mass is 9.88. The molecule has 0 bridgehead atoms. The Balaban J connectivity index is 1.54. The van der Waals surface area contributed by atoms with Gasteiger partial charge >= 0.3 is 12.3 Å². The third-order valence-electron chi connectivity index (χ3n) is 6.18. The number of allylic oxidation sites excluding steroid dienone is 4. The summed E-state index contributed by atoms with van der Waals surface area (Å²) in [6, 6.07) is -0.346. The molecule has 1 saturated carbocycles. The van der Waals surface area contributed by atoms with E-state index in [2.05, 4.69) is 15.2 Å². The topological polar surface area (TPSA) is 102 Å². The SMILES string of the molecule is NC(=O)c1cn(C2CN(C(=O)OCC(F)(F)F)CCC23CC3)nc1NC1=CC=C(F)CC1. The number of rotatable bonds is 5. The van der Waals surface area contributed by atoms with Gasteiger partial charge in [0.1, 0.15) is 11.4 Å². The van der Waals surface area contributed by atoms with Crippen molar-refractivity contribution in [2.75, 3.05) is 25.0 Å². The summed E-state index contributed by atoms with van der Waals surface area (Å²) in [5.41, 5.74) is 6.17. The van der Waals surface area contributed by atoms with Gasteiger partial charge in [0.25, 0.3) is 5.91 Å². The molecule has 1 aliphatic heterocycles. The van der Waals surface area contributed by atoms with Crippen molar-refractivity contribution in [3.63, 3.8) is 0 Å². The van der Waals surface area contributed by atoms with Gasteiger partial charge in [-0.15, -0.1) is 0 Å². The Hall–Kier alpha value is -3.05. The van der Waals surface area contributed by atoms with E-state index in [9.17, 15) is 27.2 Å². The molecule has 3 N–H and O–H groups in total. The Kier molecular flexibility index (Phi) is 5.63. The number of halogens is 4. The summed E-state index contributed by atoms with van der Waals surface area (Å²) in [5, 5.41) is 7.49. The fourth-order valence-corrected chi connectivity index (χ4v) is 4.22. The first-order valence-corrected chi connectivity index (χ1v) is 10.3. The Morgan fingerprint density at radius 3 is 2.59 bits per heavy atom. The number of hydrogen-bond acceptors (Lipinski definition) is 5. The largest absolute Gasteiger partial charge is 0.440 e. The molecule has 2 fully saturated rings. The van der Waals surface area contributed by atoms with Gasteiger partial charge in [-0.2, -0.15) is 18.3 Å². The van der Waals surface area contributed by atoms with Crippen LogP contribution in [0.25, 0.3) is 0 Å². The Bertz CT molecular complexity index is 980. The Labute approximate surface area is 181 Å². The molecule has 1 aromatic heterocycles. The molecule has 1 unspecified atom stereocenters. The van der Waals surface area contributed by atoms with Gasteiger partial charge in [-0.05, 0) is 43.3 Å². The number of amides is 2. The highest BCUT2D eigenvalue weighted by atomic mass is 19.4. The number of carbonyl (C=O) groups excluding carboxylic acids is 2. The third-order valence-corrected chi connectivity index (χ3v) is 6.18. The molecule has 1 aromatic rings. The summed E-state index contributed by atoms with van der Waals surface area (Å²) < 4.78 is 56.4. The van der Waals surface area contributed by atoms with Crippen LogP contribution in [0.15, 0.2) is 29.9 Å². The quantitative estimate of drug-likeness (QED) is 0.657. The zero-order valence-corrected chi connectivity index (χ0v) is 17.1. The highest BCUT2D eigenvalue weighted by molar-refractivity contribution is 5.97. The number of ether oxygens (including phenoxy) is 1. The molecule has 8 nitrogen and oxygen atoms in total. The second kappa shape index (κ2) is 8.14. The van der Waals surface area contributed by atoms with Crippen molar-refractivity contribution in [1.82, 2.24) is 14.7 Å². The number of nitrogens with two attached hydrogens (primary N) is 1. The normalized spacial score (nSPS) is 22.2. The maximum Gasteiger partial charge on any atom is 0.422 e.